The lowest BCUT2D eigenvalue weighted by Gasteiger charge is -2.27. The molecule has 0 saturated carbocycles. The lowest BCUT2D eigenvalue weighted by atomic mass is 10.0. The molecular weight excluding hydrogens is 361 g/mol. The van der Waals surface area contributed by atoms with Crippen LogP contribution in [0.4, 0.5) is 0 Å². The van der Waals surface area contributed by atoms with Crippen molar-refractivity contribution >= 4 is 13.4 Å². The van der Waals surface area contributed by atoms with Crippen molar-refractivity contribution in [2.45, 2.75) is 50.5 Å². The van der Waals surface area contributed by atoms with Crippen LogP contribution in [0.2, 0.25) is 0 Å². The summed E-state index contributed by atoms with van der Waals surface area (Å²) in [5, 5.41) is 0. The molecule has 0 bridgehead atoms. The maximum atomic E-state index is 6.08. The standard InChI is InChI=1S/C25H28NOP/c1-25(2,3)27-23-15-10-16-24(26-23)28-21(19-11-6-4-7-12-19)17-18-22(28)20-13-8-5-9-14-20/h4-16,21-22H,17-18H2,1-3H3/t21-,22-/m0/s1. The Morgan fingerprint density at radius 2 is 1.29 bits per heavy atom. The van der Waals surface area contributed by atoms with Gasteiger partial charge in [0.25, 0.3) is 0 Å². The van der Waals surface area contributed by atoms with E-state index in [-0.39, 0.29) is 5.60 Å². The van der Waals surface area contributed by atoms with Gasteiger partial charge in [0.2, 0.25) is 5.88 Å². The molecule has 4 rings (SSSR count). The van der Waals surface area contributed by atoms with Gasteiger partial charge in [0.05, 0.1) is 5.44 Å². The van der Waals surface area contributed by atoms with Gasteiger partial charge < -0.3 is 4.74 Å². The van der Waals surface area contributed by atoms with Crippen LogP contribution in [0.1, 0.15) is 56.1 Å². The van der Waals surface area contributed by atoms with Gasteiger partial charge in [-0.05, 0) is 58.7 Å². The van der Waals surface area contributed by atoms with Crippen LogP contribution >= 0.6 is 7.92 Å². The van der Waals surface area contributed by atoms with E-state index in [9.17, 15) is 0 Å². The van der Waals surface area contributed by atoms with Gasteiger partial charge in [-0.25, -0.2) is 4.98 Å². The predicted molar refractivity (Wildman–Crippen MR) is 119 cm³/mol. The molecule has 28 heavy (non-hydrogen) atoms. The highest BCUT2D eigenvalue weighted by atomic mass is 31.1. The van der Waals surface area contributed by atoms with E-state index in [0.717, 1.165) is 5.88 Å². The average molecular weight is 389 g/mol. The largest absolute Gasteiger partial charge is 0.472 e. The summed E-state index contributed by atoms with van der Waals surface area (Å²) in [7, 11) is -0.469. The first-order valence-electron chi connectivity index (χ1n) is 10.1. The third-order valence-electron chi connectivity index (χ3n) is 5.14. The first-order chi connectivity index (χ1) is 13.5. The first-order valence-corrected chi connectivity index (χ1v) is 11.5. The second kappa shape index (κ2) is 8.05. The molecule has 0 aliphatic carbocycles. The molecule has 2 heterocycles. The molecule has 0 N–H and O–H groups in total. The number of aromatic nitrogens is 1. The number of rotatable bonds is 4. The first kappa shape index (κ1) is 19.2. The summed E-state index contributed by atoms with van der Waals surface area (Å²) in [4.78, 5) is 5.00. The predicted octanol–water partition coefficient (Wildman–Crippen LogP) is 6.64. The van der Waals surface area contributed by atoms with Crippen molar-refractivity contribution in [3.05, 3.63) is 90.0 Å². The van der Waals surface area contributed by atoms with Crippen LogP contribution in [-0.2, 0) is 0 Å². The molecular formula is C25H28NOP. The van der Waals surface area contributed by atoms with Crippen LogP contribution < -0.4 is 10.2 Å². The maximum Gasteiger partial charge on any atom is 0.214 e. The Balaban J connectivity index is 1.74. The molecule has 1 fully saturated rings. The average Bonchev–Trinajstić information content (AvgIpc) is 3.13. The van der Waals surface area contributed by atoms with E-state index in [1.54, 1.807) is 0 Å². The van der Waals surface area contributed by atoms with Crippen molar-refractivity contribution < 1.29 is 4.74 Å². The summed E-state index contributed by atoms with van der Waals surface area (Å²) in [6.45, 7) is 6.21. The summed E-state index contributed by atoms with van der Waals surface area (Å²) in [6.07, 6.45) is 2.42. The van der Waals surface area contributed by atoms with Gasteiger partial charge in [-0.15, -0.1) is 0 Å². The maximum absolute atomic E-state index is 6.08. The lowest BCUT2D eigenvalue weighted by Crippen LogP contribution is -2.24. The molecule has 0 spiro atoms. The Morgan fingerprint density at radius 1 is 0.750 bits per heavy atom. The molecule has 3 heteroatoms. The minimum Gasteiger partial charge on any atom is -0.472 e. The molecule has 0 unspecified atom stereocenters. The van der Waals surface area contributed by atoms with Crippen LogP contribution in [0.5, 0.6) is 5.88 Å². The van der Waals surface area contributed by atoms with Crippen LogP contribution in [0.25, 0.3) is 0 Å². The zero-order valence-electron chi connectivity index (χ0n) is 16.9. The monoisotopic (exact) mass is 389 g/mol. The molecule has 3 aromatic rings. The van der Waals surface area contributed by atoms with Gasteiger partial charge in [0.1, 0.15) is 5.60 Å². The van der Waals surface area contributed by atoms with E-state index < -0.39 is 7.92 Å². The number of nitrogens with zero attached hydrogens (tertiary/aromatic N) is 1. The molecule has 144 valence electrons. The van der Waals surface area contributed by atoms with Crippen molar-refractivity contribution in [2.24, 2.45) is 0 Å². The second-order valence-electron chi connectivity index (χ2n) is 8.39. The smallest absolute Gasteiger partial charge is 0.214 e. The van der Waals surface area contributed by atoms with E-state index in [0.29, 0.717) is 11.3 Å². The van der Waals surface area contributed by atoms with E-state index in [2.05, 4.69) is 93.6 Å². The molecule has 2 aromatic carbocycles. The fourth-order valence-corrected chi connectivity index (χ4v) is 7.44. The Kier molecular flexibility index (Phi) is 5.51. The molecule has 1 saturated heterocycles. The van der Waals surface area contributed by atoms with Crippen LogP contribution in [0.3, 0.4) is 0 Å². The number of benzene rings is 2. The van der Waals surface area contributed by atoms with Crippen LogP contribution in [0.15, 0.2) is 78.9 Å². The molecule has 1 aliphatic heterocycles. The van der Waals surface area contributed by atoms with Crippen molar-refractivity contribution in [3.63, 3.8) is 0 Å². The van der Waals surface area contributed by atoms with Gasteiger partial charge >= 0.3 is 0 Å². The Bertz CT molecular complexity index is 857. The van der Waals surface area contributed by atoms with Crippen LogP contribution in [-0.4, -0.2) is 10.6 Å². The molecule has 2 nitrogen and oxygen atoms in total. The van der Waals surface area contributed by atoms with E-state index in [1.165, 1.54) is 29.4 Å². The normalized spacial score (nSPS) is 20.2. The Hall–Kier alpha value is -2.18. The second-order valence-corrected chi connectivity index (χ2v) is 10.9. The third-order valence-corrected chi connectivity index (χ3v) is 8.37. The minimum atomic E-state index is -0.469. The van der Waals surface area contributed by atoms with Crippen molar-refractivity contribution in [3.8, 4) is 5.88 Å². The Morgan fingerprint density at radius 3 is 1.79 bits per heavy atom. The summed E-state index contributed by atoms with van der Waals surface area (Å²) in [5.74, 6) is 0.734. The summed E-state index contributed by atoms with van der Waals surface area (Å²) in [5.41, 5.74) is 4.92. The third kappa shape index (κ3) is 4.28. The minimum absolute atomic E-state index is 0.244. The zero-order valence-corrected chi connectivity index (χ0v) is 17.8. The zero-order chi connectivity index (χ0) is 19.6. The number of pyridine rings is 1. The molecule has 0 amide bonds. The van der Waals surface area contributed by atoms with E-state index in [4.69, 9.17) is 9.72 Å². The highest BCUT2D eigenvalue weighted by Gasteiger charge is 2.39. The van der Waals surface area contributed by atoms with Crippen molar-refractivity contribution in [1.29, 1.82) is 0 Å². The summed E-state index contributed by atoms with van der Waals surface area (Å²) >= 11 is 0. The highest BCUT2D eigenvalue weighted by molar-refractivity contribution is 7.66. The highest BCUT2D eigenvalue weighted by Crippen LogP contribution is 2.69. The van der Waals surface area contributed by atoms with E-state index in [1.807, 2.05) is 6.07 Å². The van der Waals surface area contributed by atoms with Gasteiger partial charge in [-0.3, -0.25) is 0 Å². The Labute approximate surface area is 169 Å². The SMILES string of the molecule is CC(C)(C)Oc1cccc(P2[C@H](c3ccccc3)CC[C@H]2c2ccccc2)n1. The van der Waals surface area contributed by atoms with Crippen molar-refractivity contribution in [1.82, 2.24) is 4.98 Å². The fraction of sp³-hybridized carbons (Fsp3) is 0.320. The van der Waals surface area contributed by atoms with Gasteiger partial charge in [0, 0.05) is 17.4 Å². The van der Waals surface area contributed by atoms with Crippen LogP contribution in [0, 0.1) is 0 Å². The fourth-order valence-electron chi connectivity index (χ4n) is 4.05. The summed E-state index contributed by atoms with van der Waals surface area (Å²) in [6, 6.07) is 28.3. The van der Waals surface area contributed by atoms with Gasteiger partial charge in [-0.2, -0.15) is 0 Å². The van der Waals surface area contributed by atoms with Crippen molar-refractivity contribution in [2.75, 3.05) is 0 Å². The quantitative estimate of drug-likeness (QED) is 0.467. The molecule has 2 atom stereocenters. The molecule has 0 radical (unpaired) electrons. The number of hydrogen-bond donors (Lipinski definition) is 0. The van der Waals surface area contributed by atoms with Gasteiger partial charge in [0.15, 0.2) is 0 Å². The van der Waals surface area contributed by atoms with E-state index >= 15 is 0 Å². The lowest BCUT2D eigenvalue weighted by molar-refractivity contribution is 0.124. The van der Waals surface area contributed by atoms with Gasteiger partial charge in [-0.1, -0.05) is 66.7 Å². The summed E-state index contributed by atoms with van der Waals surface area (Å²) < 4.78 is 6.08. The molecule has 1 aliphatic rings. The topological polar surface area (TPSA) is 22.1 Å². The number of ether oxygens (including phenoxy) is 1. The number of hydrogen-bond acceptors (Lipinski definition) is 2. The molecule has 1 aromatic heterocycles.